The van der Waals surface area contributed by atoms with Gasteiger partial charge >= 0.3 is 0 Å². The highest BCUT2D eigenvalue weighted by Crippen LogP contribution is 2.27. The molecule has 1 amide bonds. The molecule has 1 rings (SSSR count). The van der Waals surface area contributed by atoms with E-state index in [1.165, 1.54) is 6.07 Å². The second kappa shape index (κ2) is 6.28. The van der Waals surface area contributed by atoms with Crippen molar-refractivity contribution in [3.05, 3.63) is 23.3 Å². The van der Waals surface area contributed by atoms with E-state index in [4.69, 9.17) is 0 Å². The monoisotopic (exact) mass is 251 g/mol. The van der Waals surface area contributed by atoms with Crippen molar-refractivity contribution in [2.45, 2.75) is 33.6 Å². The van der Waals surface area contributed by atoms with Gasteiger partial charge in [-0.05, 0) is 42.5 Å². The molecule has 1 aromatic carbocycles. The van der Waals surface area contributed by atoms with Crippen LogP contribution in [0.1, 0.15) is 31.4 Å². The minimum absolute atomic E-state index is 0.0469. The van der Waals surface area contributed by atoms with Crippen LogP contribution in [-0.4, -0.2) is 22.7 Å². The number of carbonyl (C=O) groups is 1. The third-order valence-electron chi connectivity index (χ3n) is 2.74. The zero-order valence-electron chi connectivity index (χ0n) is 11.2. The quantitative estimate of drug-likeness (QED) is 0.702. The van der Waals surface area contributed by atoms with Crippen molar-refractivity contribution in [2.24, 2.45) is 5.92 Å². The van der Waals surface area contributed by atoms with Gasteiger partial charge < -0.3 is 15.5 Å². The van der Waals surface area contributed by atoms with Crippen molar-refractivity contribution in [3.63, 3.8) is 0 Å². The van der Waals surface area contributed by atoms with Gasteiger partial charge in [0.2, 0.25) is 5.91 Å². The number of carbonyl (C=O) groups excluding carboxylic acids is 1. The summed E-state index contributed by atoms with van der Waals surface area (Å²) in [6, 6.07) is 3.07. The highest BCUT2D eigenvalue weighted by molar-refractivity contribution is 5.76. The van der Waals surface area contributed by atoms with E-state index in [2.05, 4.69) is 5.32 Å². The van der Waals surface area contributed by atoms with Crippen LogP contribution >= 0.6 is 0 Å². The van der Waals surface area contributed by atoms with Gasteiger partial charge in [-0.2, -0.15) is 0 Å². The molecule has 4 nitrogen and oxygen atoms in total. The van der Waals surface area contributed by atoms with E-state index in [1.807, 2.05) is 20.8 Å². The third kappa shape index (κ3) is 4.28. The number of rotatable bonds is 5. The molecule has 0 aliphatic carbocycles. The van der Waals surface area contributed by atoms with Crippen LogP contribution < -0.4 is 5.32 Å². The molecule has 0 heterocycles. The largest absolute Gasteiger partial charge is 0.504 e. The van der Waals surface area contributed by atoms with Crippen LogP contribution in [0, 0.1) is 12.8 Å². The van der Waals surface area contributed by atoms with Crippen molar-refractivity contribution < 1.29 is 15.0 Å². The molecule has 0 fully saturated rings. The molecule has 0 bridgehead atoms. The molecular formula is C14H21NO3. The summed E-state index contributed by atoms with van der Waals surface area (Å²) in [5.41, 5.74) is 1.83. The van der Waals surface area contributed by atoms with Crippen LogP contribution in [0.2, 0.25) is 0 Å². The molecule has 0 atom stereocenters. The number of aryl methyl sites for hydroxylation is 1. The van der Waals surface area contributed by atoms with Crippen LogP contribution in [0.4, 0.5) is 0 Å². The van der Waals surface area contributed by atoms with E-state index in [0.717, 1.165) is 11.1 Å². The van der Waals surface area contributed by atoms with Gasteiger partial charge in [0.15, 0.2) is 11.5 Å². The molecular weight excluding hydrogens is 230 g/mol. The number of benzene rings is 1. The Morgan fingerprint density at radius 1 is 1.28 bits per heavy atom. The van der Waals surface area contributed by atoms with E-state index in [0.29, 0.717) is 25.3 Å². The number of nitrogens with one attached hydrogen (secondary N) is 1. The Morgan fingerprint density at radius 2 is 1.89 bits per heavy atom. The molecule has 0 radical (unpaired) electrons. The fraction of sp³-hybridized carbons (Fsp3) is 0.500. The number of phenols is 2. The Morgan fingerprint density at radius 3 is 2.50 bits per heavy atom. The summed E-state index contributed by atoms with van der Waals surface area (Å²) in [6.45, 7) is 6.41. The van der Waals surface area contributed by atoms with Crippen LogP contribution in [0.5, 0.6) is 11.5 Å². The van der Waals surface area contributed by atoms with Crippen molar-refractivity contribution in [3.8, 4) is 11.5 Å². The SMILES string of the molecule is Cc1cc(O)c(O)cc1CCNC(=O)CC(C)C. The zero-order chi connectivity index (χ0) is 13.7. The minimum atomic E-state index is -0.121. The van der Waals surface area contributed by atoms with Gasteiger partial charge in [-0.3, -0.25) is 4.79 Å². The van der Waals surface area contributed by atoms with Crippen LogP contribution in [0.15, 0.2) is 12.1 Å². The Bertz CT molecular complexity index is 427. The predicted octanol–water partition coefficient (Wildman–Crippen LogP) is 2.11. The second-order valence-corrected chi connectivity index (χ2v) is 4.97. The van der Waals surface area contributed by atoms with Gasteiger partial charge in [-0.25, -0.2) is 0 Å². The van der Waals surface area contributed by atoms with Crippen molar-refractivity contribution in [2.75, 3.05) is 6.54 Å². The first-order valence-corrected chi connectivity index (χ1v) is 6.18. The third-order valence-corrected chi connectivity index (χ3v) is 2.74. The van der Waals surface area contributed by atoms with E-state index >= 15 is 0 Å². The van der Waals surface area contributed by atoms with Crippen LogP contribution in [0.25, 0.3) is 0 Å². The molecule has 3 N–H and O–H groups in total. The fourth-order valence-electron chi connectivity index (χ4n) is 1.77. The summed E-state index contributed by atoms with van der Waals surface area (Å²) in [5.74, 6) is 0.166. The van der Waals surface area contributed by atoms with Crippen molar-refractivity contribution in [1.29, 1.82) is 0 Å². The van der Waals surface area contributed by atoms with Gasteiger partial charge in [0, 0.05) is 13.0 Å². The van der Waals surface area contributed by atoms with Gasteiger partial charge in [0.05, 0.1) is 0 Å². The van der Waals surface area contributed by atoms with E-state index in [9.17, 15) is 15.0 Å². The summed E-state index contributed by atoms with van der Waals surface area (Å²) >= 11 is 0. The minimum Gasteiger partial charge on any atom is -0.504 e. The van der Waals surface area contributed by atoms with Gasteiger partial charge in [-0.15, -0.1) is 0 Å². The summed E-state index contributed by atoms with van der Waals surface area (Å²) in [6.07, 6.45) is 1.17. The standard InChI is InChI=1S/C14H21NO3/c1-9(2)6-14(18)15-5-4-11-8-13(17)12(16)7-10(11)3/h7-9,16-17H,4-6H2,1-3H3,(H,15,18). The first kappa shape index (κ1) is 14.4. The van der Waals surface area contributed by atoms with Crippen molar-refractivity contribution in [1.82, 2.24) is 5.32 Å². The number of hydrogen-bond donors (Lipinski definition) is 3. The maximum Gasteiger partial charge on any atom is 0.220 e. The lowest BCUT2D eigenvalue weighted by molar-refractivity contribution is -0.121. The molecule has 0 aliphatic rings. The summed E-state index contributed by atoms with van der Waals surface area (Å²) in [7, 11) is 0. The fourth-order valence-corrected chi connectivity index (χ4v) is 1.77. The molecule has 18 heavy (non-hydrogen) atoms. The maximum atomic E-state index is 11.4. The lowest BCUT2D eigenvalue weighted by Gasteiger charge is -2.10. The van der Waals surface area contributed by atoms with E-state index in [1.54, 1.807) is 6.07 Å². The molecule has 0 unspecified atom stereocenters. The topological polar surface area (TPSA) is 69.6 Å². The number of aromatic hydroxyl groups is 2. The number of hydrogen-bond acceptors (Lipinski definition) is 3. The number of phenolic OH excluding ortho intramolecular Hbond substituents is 2. The molecule has 100 valence electrons. The first-order valence-electron chi connectivity index (χ1n) is 6.18. The molecule has 0 aliphatic heterocycles. The lowest BCUT2D eigenvalue weighted by Crippen LogP contribution is -2.26. The highest BCUT2D eigenvalue weighted by Gasteiger charge is 2.07. The molecule has 0 saturated heterocycles. The van der Waals surface area contributed by atoms with Gasteiger partial charge in [0.25, 0.3) is 0 Å². The lowest BCUT2D eigenvalue weighted by atomic mass is 10.0. The highest BCUT2D eigenvalue weighted by atomic mass is 16.3. The van der Waals surface area contributed by atoms with Crippen LogP contribution in [0.3, 0.4) is 0 Å². The summed E-state index contributed by atoms with van der Waals surface area (Å²) in [4.78, 5) is 11.4. The average Bonchev–Trinajstić information content (AvgIpc) is 2.24. The molecule has 0 aromatic heterocycles. The Balaban J connectivity index is 2.49. The molecule has 0 spiro atoms. The van der Waals surface area contributed by atoms with Crippen LogP contribution in [-0.2, 0) is 11.2 Å². The smallest absolute Gasteiger partial charge is 0.220 e. The second-order valence-electron chi connectivity index (χ2n) is 4.97. The Labute approximate surface area is 108 Å². The Kier molecular flexibility index (Phi) is 5.01. The van der Waals surface area contributed by atoms with Gasteiger partial charge in [0.1, 0.15) is 0 Å². The average molecular weight is 251 g/mol. The van der Waals surface area contributed by atoms with E-state index < -0.39 is 0 Å². The molecule has 0 saturated carbocycles. The Hall–Kier alpha value is -1.71. The number of amides is 1. The maximum absolute atomic E-state index is 11.4. The summed E-state index contributed by atoms with van der Waals surface area (Å²) < 4.78 is 0. The predicted molar refractivity (Wildman–Crippen MR) is 70.7 cm³/mol. The molecule has 4 heteroatoms. The zero-order valence-corrected chi connectivity index (χ0v) is 11.2. The normalized spacial score (nSPS) is 10.7. The molecule has 1 aromatic rings. The summed E-state index contributed by atoms with van der Waals surface area (Å²) in [5, 5.41) is 21.6. The van der Waals surface area contributed by atoms with E-state index in [-0.39, 0.29) is 17.4 Å². The first-order chi connectivity index (χ1) is 8.40. The van der Waals surface area contributed by atoms with Crippen molar-refractivity contribution >= 4 is 5.91 Å². The van der Waals surface area contributed by atoms with Gasteiger partial charge in [-0.1, -0.05) is 13.8 Å².